The van der Waals surface area contributed by atoms with Crippen LogP contribution in [0.2, 0.25) is 5.02 Å². The van der Waals surface area contributed by atoms with Crippen LogP contribution in [0.25, 0.3) is 0 Å². The fourth-order valence-electron chi connectivity index (χ4n) is 3.96. The molecule has 3 rings (SSSR count). The van der Waals surface area contributed by atoms with Gasteiger partial charge >= 0.3 is 5.97 Å². The number of hydrogen-bond acceptors (Lipinski definition) is 3. The van der Waals surface area contributed by atoms with Crippen LogP contribution in [0.1, 0.15) is 32.1 Å². The predicted molar refractivity (Wildman–Crippen MR) is 98.1 cm³/mol. The summed E-state index contributed by atoms with van der Waals surface area (Å²) in [6, 6.07) is 6.70. The normalized spacial score (nSPS) is 26.0. The standard InChI is InChI=1S/C19H23ClN2O4/c1-21(17(23)12-6-8-13(9-7-12)19(25)26)16-10-11-22(18(16)24)15-5-3-2-4-14(15)20/h2-5,12-13,16H,6-11H2,1H3,(H,25,26). The molecular formula is C19H23ClN2O4. The van der Waals surface area contributed by atoms with Crippen molar-refractivity contribution in [3.8, 4) is 0 Å². The van der Waals surface area contributed by atoms with Crippen LogP contribution in [-0.4, -0.2) is 47.4 Å². The smallest absolute Gasteiger partial charge is 0.306 e. The van der Waals surface area contributed by atoms with Crippen molar-refractivity contribution in [1.29, 1.82) is 0 Å². The summed E-state index contributed by atoms with van der Waals surface area (Å²) < 4.78 is 0. The summed E-state index contributed by atoms with van der Waals surface area (Å²) in [5.74, 6) is -1.52. The lowest BCUT2D eigenvalue weighted by Crippen LogP contribution is -2.46. The van der Waals surface area contributed by atoms with Gasteiger partial charge in [0.2, 0.25) is 11.8 Å². The lowest BCUT2D eigenvalue weighted by atomic mass is 9.81. The lowest BCUT2D eigenvalue weighted by Gasteiger charge is -2.31. The van der Waals surface area contributed by atoms with Crippen LogP contribution in [0.15, 0.2) is 24.3 Å². The third kappa shape index (κ3) is 3.56. The molecule has 1 unspecified atom stereocenters. The number of anilines is 1. The van der Waals surface area contributed by atoms with Gasteiger partial charge < -0.3 is 14.9 Å². The van der Waals surface area contributed by atoms with Gasteiger partial charge in [0.15, 0.2) is 0 Å². The van der Waals surface area contributed by atoms with E-state index in [4.69, 9.17) is 16.7 Å². The Morgan fingerprint density at radius 2 is 1.73 bits per heavy atom. The second-order valence-electron chi connectivity index (χ2n) is 7.08. The van der Waals surface area contributed by atoms with Crippen LogP contribution in [-0.2, 0) is 14.4 Å². The van der Waals surface area contributed by atoms with Gasteiger partial charge in [0.1, 0.15) is 6.04 Å². The Bertz CT molecular complexity index is 715. The molecule has 2 aliphatic rings. The van der Waals surface area contributed by atoms with Gasteiger partial charge in [0, 0.05) is 19.5 Å². The zero-order chi connectivity index (χ0) is 18.8. The second kappa shape index (κ2) is 7.66. The number of para-hydroxylation sites is 1. The first-order valence-electron chi connectivity index (χ1n) is 8.95. The Hall–Kier alpha value is -2.08. The van der Waals surface area contributed by atoms with E-state index in [2.05, 4.69) is 0 Å². The first kappa shape index (κ1) is 18.7. The van der Waals surface area contributed by atoms with Crippen LogP contribution < -0.4 is 4.90 Å². The molecule has 6 nitrogen and oxygen atoms in total. The minimum absolute atomic E-state index is 0.0619. The number of carboxylic acids is 1. The van der Waals surface area contributed by atoms with Crippen molar-refractivity contribution in [3.05, 3.63) is 29.3 Å². The summed E-state index contributed by atoms with van der Waals surface area (Å²) in [4.78, 5) is 39.9. The number of amides is 2. The summed E-state index contributed by atoms with van der Waals surface area (Å²) in [7, 11) is 1.67. The van der Waals surface area contributed by atoms with E-state index in [1.165, 1.54) is 0 Å². The van der Waals surface area contributed by atoms with E-state index in [0.717, 1.165) is 0 Å². The largest absolute Gasteiger partial charge is 0.481 e. The molecule has 1 aromatic carbocycles. The van der Waals surface area contributed by atoms with Crippen LogP contribution in [0.4, 0.5) is 5.69 Å². The van der Waals surface area contributed by atoms with E-state index in [-0.39, 0.29) is 23.7 Å². The molecule has 7 heteroatoms. The Kier molecular flexibility index (Phi) is 5.51. The van der Waals surface area contributed by atoms with Crippen LogP contribution in [0.5, 0.6) is 0 Å². The molecule has 1 heterocycles. The average molecular weight is 379 g/mol. The molecule has 0 spiro atoms. The summed E-state index contributed by atoms with van der Waals surface area (Å²) in [6.07, 6.45) is 2.73. The van der Waals surface area contributed by atoms with Gasteiger partial charge in [-0.2, -0.15) is 0 Å². The number of carboxylic acid groups (broad SMARTS) is 1. The summed E-state index contributed by atoms with van der Waals surface area (Å²) in [6.45, 7) is 0.524. The van der Waals surface area contributed by atoms with Crippen molar-refractivity contribution in [2.45, 2.75) is 38.1 Å². The number of likely N-dealkylation sites (N-methyl/N-ethyl adjacent to an activating group) is 1. The van der Waals surface area contributed by atoms with Gasteiger partial charge in [-0.3, -0.25) is 14.4 Å². The van der Waals surface area contributed by atoms with Gasteiger partial charge in [-0.15, -0.1) is 0 Å². The Labute approximate surface area is 157 Å². The van der Waals surface area contributed by atoms with Crippen molar-refractivity contribution in [2.75, 3.05) is 18.5 Å². The van der Waals surface area contributed by atoms with Crippen LogP contribution in [0, 0.1) is 11.8 Å². The van der Waals surface area contributed by atoms with E-state index < -0.39 is 12.0 Å². The number of rotatable bonds is 4. The van der Waals surface area contributed by atoms with Gasteiger partial charge in [-0.05, 0) is 44.2 Å². The highest BCUT2D eigenvalue weighted by Gasteiger charge is 2.40. The second-order valence-corrected chi connectivity index (χ2v) is 7.49. The maximum absolute atomic E-state index is 12.8. The third-order valence-corrected chi connectivity index (χ3v) is 5.88. The molecule has 2 fully saturated rings. The number of halogens is 1. The maximum Gasteiger partial charge on any atom is 0.306 e. The molecule has 1 aliphatic carbocycles. The van der Waals surface area contributed by atoms with E-state index >= 15 is 0 Å². The molecule has 0 radical (unpaired) electrons. The molecule has 1 saturated carbocycles. The Morgan fingerprint density at radius 3 is 2.35 bits per heavy atom. The van der Waals surface area contributed by atoms with Crippen molar-refractivity contribution < 1.29 is 19.5 Å². The summed E-state index contributed by atoms with van der Waals surface area (Å²) in [5.41, 5.74) is 0.671. The number of nitrogens with zero attached hydrogens (tertiary/aromatic N) is 2. The predicted octanol–water partition coefficient (Wildman–Crippen LogP) is 2.79. The number of benzene rings is 1. The molecule has 0 bridgehead atoms. The summed E-state index contributed by atoms with van der Waals surface area (Å²) in [5, 5.41) is 9.60. The molecule has 26 heavy (non-hydrogen) atoms. The Balaban J connectivity index is 1.64. The molecule has 1 N–H and O–H groups in total. The van der Waals surface area contributed by atoms with Crippen molar-refractivity contribution in [3.63, 3.8) is 0 Å². The Morgan fingerprint density at radius 1 is 1.12 bits per heavy atom. The van der Waals surface area contributed by atoms with Gasteiger partial charge in [-0.1, -0.05) is 23.7 Å². The molecule has 140 valence electrons. The fraction of sp³-hybridized carbons (Fsp3) is 0.526. The van der Waals surface area contributed by atoms with E-state index in [9.17, 15) is 14.4 Å². The number of aliphatic carboxylic acids is 1. The number of carbonyl (C=O) groups is 3. The van der Waals surface area contributed by atoms with E-state index in [1.54, 1.807) is 29.0 Å². The molecular weight excluding hydrogens is 356 g/mol. The number of carbonyl (C=O) groups excluding carboxylic acids is 2. The van der Waals surface area contributed by atoms with E-state index in [0.29, 0.717) is 49.4 Å². The van der Waals surface area contributed by atoms with Crippen molar-refractivity contribution >= 4 is 35.1 Å². The van der Waals surface area contributed by atoms with Gasteiger partial charge in [0.25, 0.3) is 0 Å². The molecule has 1 saturated heterocycles. The monoisotopic (exact) mass is 378 g/mol. The zero-order valence-electron chi connectivity index (χ0n) is 14.7. The van der Waals surface area contributed by atoms with Gasteiger partial charge in [-0.25, -0.2) is 0 Å². The molecule has 1 aromatic rings. The molecule has 0 aromatic heterocycles. The molecule has 1 aliphatic heterocycles. The number of hydrogen-bond donors (Lipinski definition) is 1. The molecule has 1 atom stereocenters. The quantitative estimate of drug-likeness (QED) is 0.873. The topological polar surface area (TPSA) is 77.9 Å². The fourth-order valence-corrected chi connectivity index (χ4v) is 4.20. The van der Waals surface area contributed by atoms with Crippen molar-refractivity contribution in [2.24, 2.45) is 11.8 Å². The average Bonchev–Trinajstić information content (AvgIpc) is 3.02. The van der Waals surface area contributed by atoms with Gasteiger partial charge in [0.05, 0.1) is 16.6 Å². The SMILES string of the molecule is CN(C(=O)C1CCC(C(=O)O)CC1)C1CCN(c2ccccc2Cl)C1=O. The highest BCUT2D eigenvalue weighted by molar-refractivity contribution is 6.34. The van der Waals surface area contributed by atoms with Crippen molar-refractivity contribution in [1.82, 2.24) is 4.90 Å². The first-order chi connectivity index (χ1) is 12.4. The maximum atomic E-state index is 12.8. The highest BCUT2D eigenvalue weighted by atomic mass is 35.5. The van der Waals surface area contributed by atoms with Crippen LogP contribution >= 0.6 is 11.6 Å². The highest BCUT2D eigenvalue weighted by Crippen LogP contribution is 2.33. The minimum Gasteiger partial charge on any atom is -0.481 e. The molecule has 2 amide bonds. The lowest BCUT2D eigenvalue weighted by molar-refractivity contribution is -0.146. The zero-order valence-corrected chi connectivity index (χ0v) is 15.5. The van der Waals surface area contributed by atoms with E-state index in [1.807, 2.05) is 12.1 Å². The minimum atomic E-state index is -0.786. The van der Waals surface area contributed by atoms with Crippen LogP contribution in [0.3, 0.4) is 0 Å². The summed E-state index contributed by atoms with van der Waals surface area (Å²) >= 11 is 6.20. The first-order valence-corrected chi connectivity index (χ1v) is 9.33. The third-order valence-electron chi connectivity index (χ3n) is 5.56.